The standard InChI is InChI=1S/C18H28Cl2N4.HI/c1-13(2)24-11-8-14(9-12-24)23-18(21-3)22-10-7-15-16(19)5-4-6-17(15)20;/h4-6,13-14H,7-12H2,1-3H3,(H2,21,22,23);1H. The fourth-order valence-corrected chi connectivity index (χ4v) is 3.61. The quantitative estimate of drug-likeness (QED) is 0.363. The van der Waals surface area contributed by atoms with Gasteiger partial charge in [0.15, 0.2) is 5.96 Å². The van der Waals surface area contributed by atoms with Crippen molar-refractivity contribution in [1.82, 2.24) is 15.5 Å². The minimum Gasteiger partial charge on any atom is -0.356 e. The molecule has 1 aliphatic heterocycles. The summed E-state index contributed by atoms with van der Waals surface area (Å²) in [5.74, 6) is 0.848. The molecule has 0 unspecified atom stereocenters. The third kappa shape index (κ3) is 7.12. The van der Waals surface area contributed by atoms with Crippen LogP contribution in [0.2, 0.25) is 10.0 Å². The Morgan fingerprint density at radius 2 is 1.84 bits per heavy atom. The molecule has 0 radical (unpaired) electrons. The zero-order chi connectivity index (χ0) is 17.5. The summed E-state index contributed by atoms with van der Waals surface area (Å²) in [7, 11) is 1.81. The number of benzene rings is 1. The number of rotatable bonds is 5. The molecule has 0 saturated carbocycles. The van der Waals surface area contributed by atoms with Crippen LogP contribution in [0, 0.1) is 0 Å². The van der Waals surface area contributed by atoms with Crippen molar-refractivity contribution >= 4 is 53.1 Å². The molecule has 0 atom stereocenters. The van der Waals surface area contributed by atoms with Gasteiger partial charge in [-0.15, -0.1) is 24.0 Å². The number of likely N-dealkylation sites (tertiary alicyclic amines) is 1. The number of hydrogen-bond acceptors (Lipinski definition) is 2. The van der Waals surface area contributed by atoms with E-state index in [1.54, 1.807) is 7.05 Å². The highest BCUT2D eigenvalue weighted by molar-refractivity contribution is 14.0. The maximum atomic E-state index is 6.21. The SMILES string of the molecule is CN=C(NCCc1c(Cl)cccc1Cl)NC1CCN(C(C)C)CC1.I. The number of halogens is 3. The molecule has 0 amide bonds. The average molecular weight is 499 g/mol. The maximum absolute atomic E-state index is 6.21. The Hall–Kier alpha value is -0.240. The lowest BCUT2D eigenvalue weighted by Crippen LogP contribution is -2.50. The first-order valence-electron chi connectivity index (χ1n) is 8.65. The fourth-order valence-electron chi connectivity index (χ4n) is 3.03. The van der Waals surface area contributed by atoms with Gasteiger partial charge in [0.2, 0.25) is 0 Å². The van der Waals surface area contributed by atoms with Crippen molar-refractivity contribution in [2.75, 3.05) is 26.7 Å². The molecule has 2 rings (SSSR count). The Labute approximate surface area is 178 Å². The number of piperidine rings is 1. The second-order valence-electron chi connectivity index (χ2n) is 6.50. The predicted octanol–water partition coefficient (Wildman–Crippen LogP) is 4.19. The summed E-state index contributed by atoms with van der Waals surface area (Å²) in [5, 5.41) is 8.32. The van der Waals surface area contributed by atoms with Gasteiger partial charge in [0.1, 0.15) is 0 Å². The monoisotopic (exact) mass is 498 g/mol. The van der Waals surface area contributed by atoms with E-state index < -0.39 is 0 Å². The molecule has 4 nitrogen and oxygen atoms in total. The molecule has 2 N–H and O–H groups in total. The number of aliphatic imine (C=N–C) groups is 1. The summed E-state index contributed by atoms with van der Waals surface area (Å²) in [4.78, 5) is 6.85. The van der Waals surface area contributed by atoms with Crippen LogP contribution in [0.15, 0.2) is 23.2 Å². The van der Waals surface area contributed by atoms with E-state index in [-0.39, 0.29) is 24.0 Å². The van der Waals surface area contributed by atoms with Crippen molar-refractivity contribution < 1.29 is 0 Å². The van der Waals surface area contributed by atoms with E-state index in [1.165, 1.54) is 0 Å². The highest BCUT2D eigenvalue weighted by Gasteiger charge is 2.21. The van der Waals surface area contributed by atoms with Gasteiger partial charge < -0.3 is 15.5 Å². The number of nitrogens with one attached hydrogen (secondary N) is 2. The molecular formula is C18H29Cl2IN4. The lowest BCUT2D eigenvalue weighted by Gasteiger charge is -2.35. The Morgan fingerprint density at radius 1 is 1.24 bits per heavy atom. The number of nitrogens with zero attached hydrogens (tertiary/aromatic N) is 2. The van der Waals surface area contributed by atoms with Crippen LogP contribution in [0.25, 0.3) is 0 Å². The van der Waals surface area contributed by atoms with E-state index in [0.29, 0.717) is 22.1 Å². The summed E-state index contributed by atoms with van der Waals surface area (Å²) in [5.41, 5.74) is 0.981. The second kappa shape index (κ2) is 11.5. The van der Waals surface area contributed by atoms with Gasteiger partial charge in [-0.2, -0.15) is 0 Å². The smallest absolute Gasteiger partial charge is 0.191 e. The molecule has 1 heterocycles. The molecule has 1 aromatic rings. The minimum absolute atomic E-state index is 0. The predicted molar refractivity (Wildman–Crippen MR) is 120 cm³/mol. The Kier molecular flexibility index (Phi) is 10.5. The van der Waals surface area contributed by atoms with Crippen LogP contribution in [-0.2, 0) is 6.42 Å². The molecule has 25 heavy (non-hydrogen) atoms. The summed E-state index contributed by atoms with van der Waals surface area (Å²) >= 11 is 12.4. The molecular weight excluding hydrogens is 470 g/mol. The highest BCUT2D eigenvalue weighted by Crippen LogP contribution is 2.24. The minimum atomic E-state index is 0. The van der Waals surface area contributed by atoms with Crippen LogP contribution in [0.4, 0.5) is 0 Å². The van der Waals surface area contributed by atoms with Crippen molar-refractivity contribution in [2.24, 2.45) is 4.99 Å². The fraction of sp³-hybridized carbons (Fsp3) is 0.611. The van der Waals surface area contributed by atoms with Gasteiger partial charge in [0.25, 0.3) is 0 Å². The van der Waals surface area contributed by atoms with E-state index >= 15 is 0 Å². The third-order valence-corrected chi connectivity index (χ3v) is 5.26. The Balaban J connectivity index is 0.00000312. The molecule has 0 spiro atoms. The second-order valence-corrected chi connectivity index (χ2v) is 7.31. The highest BCUT2D eigenvalue weighted by atomic mass is 127. The van der Waals surface area contributed by atoms with E-state index in [0.717, 1.165) is 50.4 Å². The molecule has 0 bridgehead atoms. The van der Waals surface area contributed by atoms with Gasteiger partial charge in [-0.1, -0.05) is 29.3 Å². The zero-order valence-electron chi connectivity index (χ0n) is 15.2. The van der Waals surface area contributed by atoms with Crippen molar-refractivity contribution in [3.63, 3.8) is 0 Å². The van der Waals surface area contributed by atoms with Crippen LogP contribution in [0.3, 0.4) is 0 Å². The first kappa shape index (κ1) is 22.8. The van der Waals surface area contributed by atoms with Gasteiger partial charge in [-0.05, 0) is 50.8 Å². The Bertz CT molecular complexity index is 538. The summed E-state index contributed by atoms with van der Waals surface area (Å²) < 4.78 is 0. The van der Waals surface area contributed by atoms with E-state index in [2.05, 4.69) is 34.4 Å². The molecule has 1 aliphatic rings. The first-order valence-corrected chi connectivity index (χ1v) is 9.41. The maximum Gasteiger partial charge on any atom is 0.191 e. The number of guanidine groups is 1. The zero-order valence-corrected chi connectivity index (χ0v) is 19.0. The van der Waals surface area contributed by atoms with Crippen LogP contribution in [0.5, 0.6) is 0 Å². The van der Waals surface area contributed by atoms with Gasteiger partial charge in [0.05, 0.1) is 0 Å². The van der Waals surface area contributed by atoms with Crippen molar-refractivity contribution in [1.29, 1.82) is 0 Å². The van der Waals surface area contributed by atoms with E-state index in [1.807, 2.05) is 18.2 Å². The van der Waals surface area contributed by atoms with Crippen molar-refractivity contribution in [3.05, 3.63) is 33.8 Å². The topological polar surface area (TPSA) is 39.7 Å². The number of hydrogen-bond donors (Lipinski definition) is 2. The van der Waals surface area contributed by atoms with Crippen molar-refractivity contribution in [2.45, 2.75) is 45.2 Å². The van der Waals surface area contributed by atoms with Crippen LogP contribution < -0.4 is 10.6 Å². The van der Waals surface area contributed by atoms with Crippen LogP contribution in [0.1, 0.15) is 32.3 Å². The molecule has 1 fully saturated rings. The Morgan fingerprint density at radius 3 is 2.36 bits per heavy atom. The average Bonchev–Trinajstić information content (AvgIpc) is 2.57. The van der Waals surface area contributed by atoms with Gasteiger partial charge in [0, 0.05) is 48.8 Å². The summed E-state index contributed by atoms with van der Waals surface area (Å²) in [6.45, 7) is 7.54. The van der Waals surface area contributed by atoms with Gasteiger partial charge in [-0.25, -0.2) is 0 Å². The summed E-state index contributed by atoms with van der Waals surface area (Å²) in [6, 6.07) is 6.72. The normalized spacial score (nSPS) is 16.6. The first-order chi connectivity index (χ1) is 11.5. The molecule has 1 aromatic carbocycles. The van der Waals surface area contributed by atoms with Crippen molar-refractivity contribution in [3.8, 4) is 0 Å². The molecule has 0 aromatic heterocycles. The molecule has 142 valence electrons. The van der Waals surface area contributed by atoms with E-state index in [4.69, 9.17) is 23.2 Å². The lowest BCUT2D eigenvalue weighted by atomic mass is 10.0. The third-order valence-electron chi connectivity index (χ3n) is 4.55. The summed E-state index contributed by atoms with van der Waals surface area (Å²) in [6.07, 6.45) is 3.06. The largest absolute Gasteiger partial charge is 0.356 e. The lowest BCUT2D eigenvalue weighted by molar-refractivity contribution is 0.167. The van der Waals surface area contributed by atoms with Crippen LogP contribution >= 0.6 is 47.2 Å². The molecule has 1 saturated heterocycles. The molecule has 0 aliphatic carbocycles. The van der Waals surface area contributed by atoms with E-state index in [9.17, 15) is 0 Å². The molecule has 7 heteroatoms. The van der Waals surface area contributed by atoms with Crippen LogP contribution in [-0.4, -0.2) is 49.6 Å². The van der Waals surface area contributed by atoms with Gasteiger partial charge in [-0.3, -0.25) is 4.99 Å². The van der Waals surface area contributed by atoms with Gasteiger partial charge >= 0.3 is 0 Å².